The molecule has 0 aromatic carbocycles. The van der Waals surface area contributed by atoms with Crippen LogP contribution in [0.1, 0.15) is 38.5 Å². The van der Waals surface area contributed by atoms with Crippen LogP contribution in [0.2, 0.25) is 0 Å². The first kappa shape index (κ1) is 12.0. The van der Waals surface area contributed by atoms with Gasteiger partial charge in [0.25, 0.3) is 0 Å². The van der Waals surface area contributed by atoms with Crippen LogP contribution in [-0.4, -0.2) is 47.5 Å². The van der Waals surface area contributed by atoms with Gasteiger partial charge >= 0.3 is 0 Å². The van der Waals surface area contributed by atoms with Crippen molar-refractivity contribution < 1.29 is 10.2 Å². The lowest BCUT2D eigenvalue weighted by molar-refractivity contribution is 0.186. The lowest BCUT2D eigenvalue weighted by Crippen LogP contribution is -2.30. The van der Waals surface area contributed by atoms with E-state index >= 15 is 0 Å². The van der Waals surface area contributed by atoms with Crippen LogP contribution in [-0.2, 0) is 0 Å². The Morgan fingerprint density at radius 2 is 1.57 bits per heavy atom. The summed E-state index contributed by atoms with van der Waals surface area (Å²) < 4.78 is 0. The van der Waals surface area contributed by atoms with E-state index in [2.05, 4.69) is 4.90 Å². The average molecular weight is 201 g/mol. The lowest BCUT2D eigenvalue weighted by Gasteiger charge is -2.20. The normalized spacial score (nSPS) is 16.5. The summed E-state index contributed by atoms with van der Waals surface area (Å²) in [6.07, 6.45) is 7.11. The van der Waals surface area contributed by atoms with Gasteiger partial charge < -0.3 is 10.2 Å². The highest BCUT2D eigenvalue weighted by Crippen LogP contribution is 2.26. The largest absolute Gasteiger partial charge is 0.396 e. The van der Waals surface area contributed by atoms with Crippen molar-refractivity contribution >= 4 is 0 Å². The third-order valence-corrected chi connectivity index (χ3v) is 2.80. The van der Waals surface area contributed by atoms with Gasteiger partial charge in [0.1, 0.15) is 0 Å². The van der Waals surface area contributed by atoms with Crippen LogP contribution in [0, 0.1) is 0 Å². The first-order chi connectivity index (χ1) is 6.88. The number of hydrogen-bond donors (Lipinski definition) is 2. The summed E-state index contributed by atoms with van der Waals surface area (Å²) in [4.78, 5) is 2.40. The maximum Gasteiger partial charge on any atom is 0.0558 e. The predicted molar refractivity (Wildman–Crippen MR) is 57.2 cm³/mol. The fourth-order valence-corrected chi connectivity index (χ4v) is 1.83. The van der Waals surface area contributed by atoms with Crippen molar-refractivity contribution in [2.45, 2.75) is 44.6 Å². The van der Waals surface area contributed by atoms with E-state index in [9.17, 15) is 0 Å². The van der Waals surface area contributed by atoms with Gasteiger partial charge in [-0.3, -0.25) is 4.90 Å². The van der Waals surface area contributed by atoms with Crippen LogP contribution in [0.3, 0.4) is 0 Å². The van der Waals surface area contributed by atoms with E-state index in [1.54, 1.807) is 0 Å². The molecule has 0 heterocycles. The van der Waals surface area contributed by atoms with E-state index < -0.39 is 0 Å². The molecule has 1 fully saturated rings. The van der Waals surface area contributed by atoms with E-state index in [4.69, 9.17) is 10.2 Å². The SMILES string of the molecule is OCCCCCCN(CCO)C1CC1. The molecule has 0 spiro atoms. The monoisotopic (exact) mass is 201 g/mol. The highest BCUT2D eigenvalue weighted by Gasteiger charge is 2.27. The molecule has 3 nitrogen and oxygen atoms in total. The Morgan fingerprint density at radius 1 is 0.857 bits per heavy atom. The van der Waals surface area contributed by atoms with E-state index in [0.29, 0.717) is 6.61 Å². The van der Waals surface area contributed by atoms with Crippen molar-refractivity contribution in [3.63, 3.8) is 0 Å². The van der Waals surface area contributed by atoms with Crippen molar-refractivity contribution in [3.8, 4) is 0 Å². The lowest BCUT2D eigenvalue weighted by atomic mass is 10.2. The van der Waals surface area contributed by atoms with E-state index in [-0.39, 0.29) is 6.61 Å². The summed E-state index contributed by atoms with van der Waals surface area (Å²) in [6.45, 7) is 2.57. The molecule has 84 valence electrons. The standard InChI is InChI=1S/C11H23NO2/c13-9-4-2-1-3-7-12(8-10-14)11-5-6-11/h11,13-14H,1-10H2. The average Bonchev–Trinajstić information content (AvgIpc) is 2.99. The van der Waals surface area contributed by atoms with Crippen LogP contribution in [0.5, 0.6) is 0 Å². The minimum atomic E-state index is 0.285. The van der Waals surface area contributed by atoms with Crippen molar-refractivity contribution in [1.29, 1.82) is 0 Å². The number of rotatable bonds is 9. The van der Waals surface area contributed by atoms with Crippen molar-refractivity contribution in [1.82, 2.24) is 4.90 Å². The molecule has 1 aliphatic rings. The molecule has 0 aromatic heterocycles. The molecule has 1 rings (SSSR count). The Bertz CT molecular complexity index is 137. The Balaban J connectivity index is 1.96. The first-order valence-corrected chi connectivity index (χ1v) is 5.84. The first-order valence-electron chi connectivity index (χ1n) is 5.84. The third kappa shape index (κ3) is 4.94. The van der Waals surface area contributed by atoms with Crippen LogP contribution < -0.4 is 0 Å². The topological polar surface area (TPSA) is 43.7 Å². The molecule has 1 saturated carbocycles. The second-order valence-electron chi connectivity index (χ2n) is 4.13. The van der Waals surface area contributed by atoms with Crippen LogP contribution in [0.4, 0.5) is 0 Å². The summed E-state index contributed by atoms with van der Waals surface area (Å²) >= 11 is 0. The van der Waals surface area contributed by atoms with Crippen molar-refractivity contribution in [2.24, 2.45) is 0 Å². The highest BCUT2D eigenvalue weighted by molar-refractivity contribution is 4.84. The number of aliphatic hydroxyl groups is 2. The molecule has 0 radical (unpaired) electrons. The van der Waals surface area contributed by atoms with Crippen LogP contribution in [0.15, 0.2) is 0 Å². The van der Waals surface area contributed by atoms with E-state index in [1.807, 2.05) is 0 Å². The van der Waals surface area contributed by atoms with Gasteiger partial charge in [0.15, 0.2) is 0 Å². The molecule has 3 heteroatoms. The highest BCUT2D eigenvalue weighted by atomic mass is 16.3. The Hall–Kier alpha value is -0.120. The molecule has 0 aliphatic heterocycles. The smallest absolute Gasteiger partial charge is 0.0558 e. The Labute approximate surface area is 86.7 Å². The van der Waals surface area contributed by atoms with Gasteiger partial charge in [-0.15, -0.1) is 0 Å². The van der Waals surface area contributed by atoms with Crippen LogP contribution in [0.25, 0.3) is 0 Å². The molecule has 0 amide bonds. The zero-order valence-corrected chi connectivity index (χ0v) is 8.99. The minimum Gasteiger partial charge on any atom is -0.396 e. The summed E-state index contributed by atoms with van der Waals surface area (Å²) in [5.41, 5.74) is 0. The van der Waals surface area contributed by atoms with E-state index in [1.165, 1.54) is 25.7 Å². The summed E-state index contributed by atoms with van der Waals surface area (Å²) in [5.74, 6) is 0. The second kappa shape index (κ2) is 7.21. The maximum atomic E-state index is 8.88. The molecule has 0 atom stereocenters. The van der Waals surface area contributed by atoms with Crippen molar-refractivity contribution in [3.05, 3.63) is 0 Å². The summed E-state index contributed by atoms with van der Waals surface area (Å²) in [5, 5.41) is 17.5. The predicted octanol–water partition coefficient (Wildman–Crippen LogP) is 0.996. The number of aliphatic hydroxyl groups excluding tert-OH is 2. The zero-order valence-electron chi connectivity index (χ0n) is 8.99. The number of hydrogen-bond acceptors (Lipinski definition) is 3. The fraction of sp³-hybridized carbons (Fsp3) is 1.00. The van der Waals surface area contributed by atoms with Crippen molar-refractivity contribution in [2.75, 3.05) is 26.3 Å². The second-order valence-corrected chi connectivity index (χ2v) is 4.13. The minimum absolute atomic E-state index is 0.285. The van der Waals surface area contributed by atoms with Gasteiger partial charge in [-0.1, -0.05) is 12.8 Å². The quantitative estimate of drug-likeness (QED) is 0.547. The van der Waals surface area contributed by atoms with Gasteiger partial charge in [-0.05, 0) is 32.2 Å². The molecule has 2 N–H and O–H groups in total. The molecule has 14 heavy (non-hydrogen) atoms. The number of nitrogens with zero attached hydrogens (tertiary/aromatic N) is 1. The Morgan fingerprint density at radius 3 is 2.14 bits per heavy atom. The van der Waals surface area contributed by atoms with Gasteiger partial charge in [-0.2, -0.15) is 0 Å². The summed E-state index contributed by atoms with van der Waals surface area (Å²) in [6, 6.07) is 0.764. The maximum absolute atomic E-state index is 8.88. The molecule has 1 aliphatic carbocycles. The van der Waals surface area contributed by atoms with Crippen LogP contribution >= 0.6 is 0 Å². The van der Waals surface area contributed by atoms with Gasteiger partial charge in [-0.25, -0.2) is 0 Å². The molecule has 0 aromatic rings. The Kier molecular flexibility index (Phi) is 6.15. The molecule has 0 unspecified atom stereocenters. The third-order valence-electron chi connectivity index (χ3n) is 2.80. The molecular weight excluding hydrogens is 178 g/mol. The van der Waals surface area contributed by atoms with Gasteiger partial charge in [0.05, 0.1) is 6.61 Å². The zero-order chi connectivity index (χ0) is 10.2. The fourth-order valence-electron chi connectivity index (χ4n) is 1.83. The van der Waals surface area contributed by atoms with E-state index in [0.717, 1.165) is 32.0 Å². The molecular formula is C11H23NO2. The van der Waals surface area contributed by atoms with Gasteiger partial charge in [0.2, 0.25) is 0 Å². The van der Waals surface area contributed by atoms with Gasteiger partial charge in [0, 0.05) is 19.2 Å². The molecule has 0 saturated heterocycles. The summed E-state index contributed by atoms with van der Waals surface area (Å²) in [7, 11) is 0. The number of unbranched alkanes of at least 4 members (excludes halogenated alkanes) is 3. The molecule has 0 bridgehead atoms.